The van der Waals surface area contributed by atoms with Gasteiger partial charge in [-0.2, -0.15) is 0 Å². The van der Waals surface area contributed by atoms with Crippen LogP contribution in [0.15, 0.2) is 18.2 Å². The Hall–Kier alpha value is -2.41. The molecule has 0 saturated carbocycles. The van der Waals surface area contributed by atoms with E-state index in [0.717, 1.165) is 16.8 Å². The minimum Gasteiger partial charge on any atom is -0.365 e. The molecular formula is C16H19N3O4. The van der Waals surface area contributed by atoms with Crippen LogP contribution in [0, 0.1) is 0 Å². The Morgan fingerprint density at radius 2 is 2.26 bits per heavy atom. The predicted molar refractivity (Wildman–Crippen MR) is 82.9 cm³/mol. The summed E-state index contributed by atoms with van der Waals surface area (Å²) in [5, 5.41) is 5.32. The molecule has 122 valence electrons. The number of carbonyl (C=O) groups excluding carboxylic acids is 3. The van der Waals surface area contributed by atoms with Crippen LogP contribution < -0.4 is 10.6 Å². The summed E-state index contributed by atoms with van der Waals surface area (Å²) in [6, 6.07) is 5.59. The number of nitrogens with zero attached hydrogens (tertiary/aromatic N) is 1. The largest absolute Gasteiger partial charge is 0.365 e. The summed E-state index contributed by atoms with van der Waals surface area (Å²) < 4.78 is 5.38. The van der Waals surface area contributed by atoms with E-state index in [9.17, 15) is 14.4 Å². The molecule has 7 nitrogen and oxygen atoms in total. The second kappa shape index (κ2) is 6.37. The molecule has 23 heavy (non-hydrogen) atoms. The normalized spacial score (nSPS) is 20.0. The predicted octanol–water partition coefficient (Wildman–Crippen LogP) is -0.303. The highest BCUT2D eigenvalue weighted by molar-refractivity contribution is 5.99. The standard InChI is InChI=1S/C16H19N3O4/c1-17-16(22)13-9-19(4-5-23-13)15(21)7-10-2-3-11-8-14(20)18-12(11)6-10/h2-3,6,13H,4-5,7-9H2,1H3,(H,17,22)(H,18,20). The molecule has 1 saturated heterocycles. The van der Waals surface area contributed by atoms with E-state index >= 15 is 0 Å². The summed E-state index contributed by atoms with van der Waals surface area (Å²) >= 11 is 0. The molecule has 2 heterocycles. The van der Waals surface area contributed by atoms with E-state index in [1.165, 1.54) is 0 Å². The number of nitrogens with one attached hydrogen (secondary N) is 2. The summed E-state index contributed by atoms with van der Waals surface area (Å²) in [5.41, 5.74) is 2.58. The molecule has 1 atom stereocenters. The summed E-state index contributed by atoms with van der Waals surface area (Å²) in [6.45, 7) is 1.10. The summed E-state index contributed by atoms with van der Waals surface area (Å²) in [5.74, 6) is -0.292. The number of morpholine rings is 1. The maximum Gasteiger partial charge on any atom is 0.250 e. The fraction of sp³-hybridized carbons (Fsp3) is 0.438. The monoisotopic (exact) mass is 317 g/mol. The molecule has 3 amide bonds. The van der Waals surface area contributed by atoms with Gasteiger partial charge in [0.05, 0.1) is 26.0 Å². The van der Waals surface area contributed by atoms with Crippen LogP contribution in [0.1, 0.15) is 11.1 Å². The van der Waals surface area contributed by atoms with Crippen molar-refractivity contribution in [3.05, 3.63) is 29.3 Å². The minimum atomic E-state index is -0.614. The molecule has 1 unspecified atom stereocenters. The summed E-state index contributed by atoms with van der Waals surface area (Å²) in [7, 11) is 1.55. The van der Waals surface area contributed by atoms with Gasteiger partial charge in [-0.15, -0.1) is 0 Å². The Morgan fingerprint density at radius 1 is 1.43 bits per heavy atom. The number of ether oxygens (including phenoxy) is 1. The van der Waals surface area contributed by atoms with Gasteiger partial charge in [-0.3, -0.25) is 14.4 Å². The van der Waals surface area contributed by atoms with Gasteiger partial charge in [-0.25, -0.2) is 0 Å². The lowest BCUT2D eigenvalue weighted by Gasteiger charge is -2.32. The third-order valence-corrected chi connectivity index (χ3v) is 4.11. The highest BCUT2D eigenvalue weighted by Crippen LogP contribution is 2.24. The SMILES string of the molecule is CNC(=O)C1CN(C(=O)Cc2ccc3c(c2)NC(=O)C3)CCO1. The van der Waals surface area contributed by atoms with Crippen molar-refractivity contribution in [2.45, 2.75) is 18.9 Å². The van der Waals surface area contributed by atoms with Crippen LogP contribution in [0.5, 0.6) is 0 Å². The van der Waals surface area contributed by atoms with Gasteiger partial charge in [0, 0.05) is 19.3 Å². The smallest absolute Gasteiger partial charge is 0.250 e. The van der Waals surface area contributed by atoms with Gasteiger partial charge in [0.2, 0.25) is 11.8 Å². The van der Waals surface area contributed by atoms with Crippen molar-refractivity contribution >= 4 is 23.4 Å². The number of hydrogen-bond acceptors (Lipinski definition) is 4. The molecular weight excluding hydrogens is 298 g/mol. The van der Waals surface area contributed by atoms with Crippen molar-refractivity contribution in [2.75, 3.05) is 32.1 Å². The molecule has 2 N–H and O–H groups in total. The number of anilines is 1. The molecule has 0 radical (unpaired) electrons. The summed E-state index contributed by atoms with van der Waals surface area (Å²) in [6.07, 6.45) is 0.0155. The van der Waals surface area contributed by atoms with Gasteiger partial charge in [-0.05, 0) is 17.2 Å². The Balaban J connectivity index is 1.64. The second-order valence-corrected chi connectivity index (χ2v) is 5.71. The number of likely N-dealkylation sites (N-methyl/N-ethyl adjacent to an activating group) is 1. The first kappa shape index (κ1) is 15.5. The van der Waals surface area contributed by atoms with Crippen molar-refractivity contribution < 1.29 is 19.1 Å². The average molecular weight is 317 g/mol. The quantitative estimate of drug-likeness (QED) is 0.801. The molecule has 1 fully saturated rings. The molecule has 0 aliphatic carbocycles. The van der Waals surface area contributed by atoms with Crippen LogP contribution in [-0.2, 0) is 32.0 Å². The number of carbonyl (C=O) groups is 3. The highest BCUT2D eigenvalue weighted by Gasteiger charge is 2.28. The lowest BCUT2D eigenvalue weighted by molar-refractivity contribution is -0.146. The Morgan fingerprint density at radius 3 is 3.04 bits per heavy atom. The zero-order chi connectivity index (χ0) is 16.4. The van der Waals surface area contributed by atoms with Gasteiger partial charge in [0.1, 0.15) is 0 Å². The average Bonchev–Trinajstić information content (AvgIpc) is 2.93. The van der Waals surface area contributed by atoms with Crippen LogP contribution in [0.25, 0.3) is 0 Å². The second-order valence-electron chi connectivity index (χ2n) is 5.71. The van der Waals surface area contributed by atoms with Gasteiger partial charge in [0.15, 0.2) is 6.10 Å². The zero-order valence-corrected chi connectivity index (χ0v) is 12.9. The molecule has 2 aliphatic heterocycles. The topological polar surface area (TPSA) is 87.7 Å². The van der Waals surface area contributed by atoms with E-state index in [2.05, 4.69) is 10.6 Å². The lowest BCUT2D eigenvalue weighted by atomic mass is 10.1. The lowest BCUT2D eigenvalue weighted by Crippen LogP contribution is -2.51. The molecule has 0 spiro atoms. The van der Waals surface area contributed by atoms with Crippen molar-refractivity contribution in [3.8, 4) is 0 Å². The third kappa shape index (κ3) is 3.34. The first-order chi connectivity index (χ1) is 11.1. The minimum absolute atomic E-state index is 0.0231. The number of benzene rings is 1. The van der Waals surface area contributed by atoms with E-state index in [0.29, 0.717) is 19.6 Å². The van der Waals surface area contributed by atoms with E-state index in [1.807, 2.05) is 18.2 Å². The van der Waals surface area contributed by atoms with Crippen LogP contribution in [0.3, 0.4) is 0 Å². The first-order valence-corrected chi connectivity index (χ1v) is 7.59. The van der Waals surface area contributed by atoms with Crippen molar-refractivity contribution in [3.63, 3.8) is 0 Å². The molecule has 0 bridgehead atoms. The highest BCUT2D eigenvalue weighted by atomic mass is 16.5. The maximum atomic E-state index is 12.4. The van der Waals surface area contributed by atoms with E-state index in [4.69, 9.17) is 4.74 Å². The van der Waals surface area contributed by atoms with Crippen molar-refractivity contribution in [1.82, 2.24) is 10.2 Å². The zero-order valence-electron chi connectivity index (χ0n) is 12.9. The summed E-state index contributed by atoms with van der Waals surface area (Å²) in [4.78, 5) is 37.1. The van der Waals surface area contributed by atoms with E-state index < -0.39 is 6.10 Å². The maximum absolute atomic E-state index is 12.4. The van der Waals surface area contributed by atoms with E-state index in [-0.39, 0.29) is 30.7 Å². The molecule has 0 aromatic heterocycles. The van der Waals surface area contributed by atoms with Crippen LogP contribution in [-0.4, -0.2) is 55.5 Å². The molecule has 2 aliphatic rings. The van der Waals surface area contributed by atoms with Gasteiger partial charge in [-0.1, -0.05) is 12.1 Å². The van der Waals surface area contributed by atoms with Gasteiger partial charge >= 0.3 is 0 Å². The van der Waals surface area contributed by atoms with Gasteiger partial charge in [0.25, 0.3) is 5.91 Å². The fourth-order valence-corrected chi connectivity index (χ4v) is 2.85. The molecule has 1 aromatic carbocycles. The van der Waals surface area contributed by atoms with Crippen molar-refractivity contribution in [2.24, 2.45) is 0 Å². The number of amides is 3. The fourth-order valence-electron chi connectivity index (χ4n) is 2.85. The van der Waals surface area contributed by atoms with Gasteiger partial charge < -0.3 is 20.3 Å². The third-order valence-electron chi connectivity index (χ3n) is 4.11. The molecule has 1 aromatic rings. The van der Waals surface area contributed by atoms with Crippen molar-refractivity contribution in [1.29, 1.82) is 0 Å². The molecule has 3 rings (SSSR count). The van der Waals surface area contributed by atoms with Crippen LogP contribution in [0.2, 0.25) is 0 Å². The number of fused-ring (bicyclic) bond motifs is 1. The molecule has 7 heteroatoms. The van der Waals surface area contributed by atoms with Crippen LogP contribution in [0.4, 0.5) is 5.69 Å². The number of hydrogen-bond donors (Lipinski definition) is 2. The van der Waals surface area contributed by atoms with E-state index in [1.54, 1.807) is 11.9 Å². The Kier molecular flexibility index (Phi) is 4.29. The van der Waals surface area contributed by atoms with Crippen LogP contribution >= 0.6 is 0 Å². The Bertz CT molecular complexity index is 659. The Labute approximate surface area is 134 Å². The number of rotatable bonds is 3. The first-order valence-electron chi connectivity index (χ1n) is 7.59.